The summed E-state index contributed by atoms with van der Waals surface area (Å²) in [6.45, 7) is 3.46. The number of rotatable bonds is 6. The van der Waals surface area contributed by atoms with Crippen LogP contribution in [0.3, 0.4) is 0 Å². The van der Waals surface area contributed by atoms with E-state index in [4.69, 9.17) is 0 Å². The maximum absolute atomic E-state index is 3.63. The summed E-state index contributed by atoms with van der Waals surface area (Å²) in [5, 5.41) is 5.79. The quantitative estimate of drug-likeness (QED) is 0.779. The Morgan fingerprint density at radius 3 is 3.00 bits per heavy atom. The Kier molecular flexibility index (Phi) is 4.21. The molecule has 0 saturated heterocycles. The average molecular weight is 223 g/mol. The summed E-state index contributed by atoms with van der Waals surface area (Å²) < 4.78 is 0. The first kappa shape index (κ1) is 11.2. The highest BCUT2D eigenvalue weighted by atomic mass is 32.1. The van der Waals surface area contributed by atoms with Crippen molar-refractivity contribution in [2.24, 2.45) is 5.92 Å². The Hall–Kier alpha value is -0.340. The molecule has 1 atom stereocenters. The third kappa shape index (κ3) is 3.62. The lowest BCUT2D eigenvalue weighted by atomic mass is 9.81. The highest BCUT2D eigenvalue weighted by molar-refractivity contribution is 7.09. The molecule has 0 spiro atoms. The first-order valence-electron chi connectivity index (χ1n) is 6.10. The van der Waals surface area contributed by atoms with Gasteiger partial charge in [0.05, 0.1) is 0 Å². The first-order valence-corrected chi connectivity index (χ1v) is 6.98. The molecule has 0 aromatic carbocycles. The minimum absolute atomic E-state index is 0.704. The monoisotopic (exact) mass is 223 g/mol. The molecule has 2 rings (SSSR count). The van der Waals surface area contributed by atoms with Gasteiger partial charge in [-0.3, -0.25) is 0 Å². The summed E-state index contributed by atoms with van der Waals surface area (Å²) in [4.78, 5) is 1.50. The van der Waals surface area contributed by atoms with E-state index < -0.39 is 0 Å². The van der Waals surface area contributed by atoms with Crippen LogP contribution < -0.4 is 5.32 Å². The summed E-state index contributed by atoms with van der Waals surface area (Å²) in [7, 11) is 0. The predicted octanol–water partition coefficient (Wildman–Crippen LogP) is 3.46. The molecule has 1 aliphatic rings. The molecule has 1 unspecified atom stereocenters. The number of hydrogen-bond donors (Lipinski definition) is 1. The van der Waals surface area contributed by atoms with E-state index >= 15 is 0 Å². The smallest absolute Gasteiger partial charge is 0.00578 e. The van der Waals surface area contributed by atoms with Crippen LogP contribution in [0.4, 0.5) is 0 Å². The van der Waals surface area contributed by atoms with E-state index in [1.54, 1.807) is 0 Å². The van der Waals surface area contributed by atoms with E-state index in [2.05, 4.69) is 29.8 Å². The number of thiophene rings is 1. The predicted molar refractivity (Wildman–Crippen MR) is 67.4 cm³/mol. The lowest BCUT2D eigenvalue weighted by molar-refractivity contribution is 0.266. The molecule has 0 aliphatic heterocycles. The molecule has 0 amide bonds. The molecule has 15 heavy (non-hydrogen) atoms. The normalized spacial score (nSPS) is 18.7. The van der Waals surface area contributed by atoms with Gasteiger partial charge in [-0.05, 0) is 37.1 Å². The first-order chi connectivity index (χ1) is 7.34. The van der Waals surface area contributed by atoms with Crippen LogP contribution in [0.1, 0.15) is 37.5 Å². The molecule has 1 aromatic rings. The van der Waals surface area contributed by atoms with Crippen molar-refractivity contribution in [1.29, 1.82) is 0 Å². The maximum Gasteiger partial charge on any atom is 0.00578 e. The Balaban J connectivity index is 1.56. The van der Waals surface area contributed by atoms with Gasteiger partial charge < -0.3 is 5.32 Å². The van der Waals surface area contributed by atoms with Gasteiger partial charge in [0.1, 0.15) is 0 Å². The van der Waals surface area contributed by atoms with Crippen molar-refractivity contribution in [3.63, 3.8) is 0 Å². The van der Waals surface area contributed by atoms with Crippen molar-refractivity contribution in [1.82, 2.24) is 5.32 Å². The van der Waals surface area contributed by atoms with Crippen LogP contribution in [0.2, 0.25) is 0 Å². The van der Waals surface area contributed by atoms with Crippen LogP contribution in [-0.2, 0) is 6.42 Å². The van der Waals surface area contributed by atoms with E-state index in [0.717, 1.165) is 12.5 Å². The summed E-state index contributed by atoms with van der Waals surface area (Å²) >= 11 is 1.86. The van der Waals surface area contributed by atoms with Gasteiger partial charge in [0.25, 0.3) is 0 Å². The van der Waals surface area contributed by atoms with Crippen LogP contribution in [0.15, 0.2) is 17.5 Å². The van der Waals surface area contributed by atoms with Crippen molar-refractivity contribution in [2.45, 2.75) is 45.1 Å². The van der Waals surface area contributed by atoms with Gasteiger partial charge in [-0.15, -0.1) is 11.3 Å². The van der Waals surface area contributed by atoms with Crippen LogP contribution in [0.25, 0.3) is 0 Å². The lowest BCUT2D eigenvalue weighted by Gasteiger charge is -2.28. The number of nitrogens with one attached hydrogen (secondary N) is 1. The fraction of sp³-hybridized carbons (Fsp3) is 0.692. The zero-order valence-electron chi connectivity index (χ0n) is 9.54. The van der Waals surface area contributed by atoms with E-state index in [1.165, 1.54) is 37.0 Å². The Bertz CT molecular complexity index is 264. The average Bonchev–Trinajstić information content (AvgIpc) is 2.64. The molecule has 0 radical (unpaired) electrons. The highest BCUT2D eigenvalue weighted by Gasteiger charge is 2.19. The molecule has 1 saturated carbocycles. The molecule has 1 fully saturated rings. The fourth-order valence-corrected chi connectivity index (χ4v) is 2.92. The molecule has 2 heteroatoms. The van der Waals surface area contributed by atoms with Crippen LogP contribution in [0, 0.1) is 5.92 Å². The maximum atomic E-state index is 3.63. The Morgan fingerprint density at radius 2 is 2.40 bits per heavy atom. The molecule has 1 heterocycles. The molecular weight excluding hydrogens is 202 g/mol. The van der Waals surface area contributed by atoms with E-state index in [-0.39, 0.29) is 0 Å². The summed E-state index contributed by atoms with van der Waals surface area (Å²) in [5.74, 6) is 1.02. The Labute approximate surface area is 96.9 Å². The minimum atomic E-state index is 0.704. The van der Waals surface area contributed by atoms with Gasteiger partial charge in [-0.25, -0.2) is 0 Å². The third-order valence-corrected chi connectivity index (χ3v) is 4.29. The van der Waals surface area contributed by atoms with E-state index in [1.807, 2.05) is 11.3 Å². The lowest BCUT2D eigenvalue weighted by Crippen LogP contribution is -2.31. The van der Waals surface area contributed by atoms with Crippen molar-refractivity contribution >= 4 is 11.3 Å². The third-order valence-electron chi connectivity index (χ3n) is 3.36. The zero-order valence-corrected chi connectivity index (χ0v) is 10.4. The molecule has 1 nitrogen and oxygen atoms in total. The largest absolute Gasteiger partial charge is 0.314 e. The van der Waals surface area contributed by atoms with Gasteiger partial charge in [0.15, 0.2) is 0 Å². The van der Waals surface area contributed by atoms with E-state index in [0.29, 0.717) is 6.04 Å². The molecular formula is C13H21NS. The van der Waals surface area contributed by atoms with Gasteiger partial charge in [-0.1, -0.05) is 25.3 Å². The van der Waals surface area contributed by atoms with Crippen molar-refractivity contribution in [2.75, 3.05) is 6.54 Å². The second-order valence-corrected chi connectivity index (χ2v) is 5.75. The molecule has 1 aliphatic carbocycles. The summed E-state index contributed by atoms with van der Waals surface area (Å²) in [6, 6.07) is 5.07. The van der Waals surface area contributed by atoms with Gasteiger partial charge >= 0.3 is 0 Å². The van der Waals surface area contributed by atoms with Crippen molar-refractivity contribution in [3.05, 3.63) is 22.4 Å². The zero-order chi connectivity index (χ0) is 10.5. The molecule has 0 bridgehead atoms. The summed E-state index contributed by atoms with van der Waals surface area (Å²) in [6.07, 6.45) is 6.97. The molecule has 1 aromatic heterocycles. The second kappa shape index (κ2) is 5.66. The molecule has 1 N–H and O–H groups in total. The van der Waals surface area contributed by atoms with Gasteiger partial charge in [0.2, 0.25) is 0 Å². The second-order valence-electron chi connectivity index (χ2n) is 4.72. The van der Waals surface area contributed by atoms with Gasteiger partial charge in [0, 0.05) is 17.5 Å². The minimum Gasteiger partial charge on any atom is -0.314 e. The van der Waals surface area contributed by atoms with Crippen LogP contribution in [0.5, 0.6) is 0 Å². The van der Waals surface area contributed by atoms with Crippen LogP contribution in [-0.4, -0.2) is 12.6 Å². The summed E-state index contributed by atoms with van der Waals surface area (Å²) in [5.41, 5.74) is 0. The highest BCUT2D eigenvalue weighted by Crippen LogP contribution is 2.30. The van der Waals surface area contributed by atoms with E-state index in [9.17, 15) is 0 Å². The van der Waals surface area contributed by atoms with Crippen molar-refractivity contribution in [3.8, 4) is 0 Å². The SMILES string of the molecule is CC(CC1CCC1)NCCc1cccs1. The topological polar surface area (TPSA) is 12.0 Å². The van der Waals surface area contributed by atoms with Gasteiger partial charge in [-0.2, -0.15) is 0 Å². The van der Waals surface area contributed by atoms with Crippen molar-refractivity contribution < 1.29 is 0 Å². The fourth-order valence-electron chi connectivity index (χ4n) is 2.21. The number of hydrogen-bond acceptors (Lipinski definition) is 2. The Morgan fingerprint density at radius 1 is 1.53 bits per heavy atom. The standard InChI is InChI=1S/C13H21NS/c1-11(10-12-4-2-5-12)14-8-7-13-6-3-9-15-13/h3,6,9,11-12,14H,2,4-5,7-8,10H2,1H3. The molecule has 84 valence electrons. The van der Waals surface area contributed by atoms with Crippen LogP contribution >= 0.6 is 11.3 Å².